The second-order valence-corrected chi connectivity index (χ2v) is 4.24. The number of methoxy groups -OCH3 is 1. The van der Waals surface area contributed by atoms with Crippen LogP contribution in [0.3, 0.4) is 0 Å². The van der Waals surface area contributed by atoms with Gasteiger partial charge in [0.05, 0.1) is 12.1 Å². The van der Waals surface area contributed by atoms with Gasteiger partial charge in [-0.15, -0.1) is 0 Å². The lowest BCUT2D eigenvalue weighted by Crippen LogP contribution is -2.45. The molecular formula is C11H24N2O3. The zero-order valence-corrected chi connectivity index (χ0v) is 10.4. The fourth-order valence-electron chi connectivity index (χ4n) is 1.50. The third-order valence-electron chi connectivity index (χ3n) is 2.28. The van der Waals surface area contributed by atoms with E-state index < -0.39 is 12.1 Å². The molecule has 96 valence electrons. The van der Waals surface area contributed by atoms with Crippen molar-refractivity contribution in [2.24, 2.45) is 5.73 Å². The highest BCUT2D eigenvalue weighted by atomic mass is 16.5. The smallest absolute Gasteiger partial charge is 0.237 e. The Labute approximate surface area is 97.3 Å². The summed E-state index contributed by atoms with van der Waals surface area (Å²) in [6, 6.07) is -0.549. The number of rotatable bonds is 8. The molecular weight excluding hydrogens is 208 g/mol. The van der Waals surface area contributed by atoms with Gasteiger partial charge in [-0.25, -0.2) is 0 Å². The molecule has 0 heterocycles. The van der Waals surface area contributed by atoms with Gasteiger partial charge < -0.3 is 20.9 Å². The van der Waals surface area contributed by atoms with Crippen LogP contribution in [0.1, 0.15) is 33.1 Å². The third kappa shape index (κ3) is 7.62. The van der Waals surface area contributed by atoms with Crippen LogP contribution in [-0.4, -0.2) is 42.9 Å². The Morgan fingerprint density at radius 1 is 1.50 bits per heavy atom. The van der Waals surface area contributed by atoms with Gasteiger partial charge in [-0.2, -0.15) is 0 Å². The summed E-state index contributed by atoms with van der Waals surface area (Å²) in [6.07, 6.45) is 1.51. The fourth-order valence-corrected chi connectivity index (χ4v) is 1.50. The maximum atomic E-state index is 11.6. The van der Waals surface area contributed by atoms with Crippen molar-refractivity contribution < 1.29 is 14.6 Å². The predicted octanol–water partition coefficient (Wildman–Crippen LogP) is 0.0159. The molecule has 5 nitrogen and oxygen atoms in total. The first kappa shape index (κ1) is 15.3. The van der Waals surface area contributed by atoms with Crippen LogP contribution in [0.25, 0.3) is 0 Å². The van der Waals surface area contributed by atoms with Gasteiger partial charge in [0.1, 0.15) is 0 Å². The van der Waals surface area contributed by atoms with Crippen molar-refractivity contribution in [3.8, 4) is 0 Å². The van der Waals surface area contributed by atoms with Gasteiger partial charge in [-0.05, 0) is 33.1 Å². The van der Waals surface area contributed by atoms with E-state index in [9.17, 15) is 4.79 Å². The van der Waals surface area contributed by atoms with Gasteiger partial charge in [0, 0.05) is 19.8 Å². The molecule has 0 bridgehead atoms. The van der Waals surface area contributed by atoms with Crippen molar-refractivity contribution in [1.82, 2.24) is 5.32 Å². The zero-order chi connectivity index (χ0) is 12.6. The van der Waals surface area contributed by atoms with Gasteiger partial charge >= 0.3 is 0 Å². The summed E-state index contributed by atoms with van der Waals surface area (Å²) in [4.78, 5) is 11.6. The van der Waals surface area contributed by atoms with Crippen molar-refractivity contribution in [2.75, 3.05) is 13.7 Å². The van der Waals surface area contributed by atoms with E-state index in [0.29, 0.717) is 19.4 Å². The van der Waals surface area contributed by atoms with E-state index in [-0.39, 0.29) is 11.9 Å². The SMILES string of the molecule is COCCCC(N)C(=O)NC(C)CC(C)O. The molecule has 3 unspecified atom stereocenters. The number of nitrogens with one attached hydrogen (secondary N) is 1. The minimum atomic E-state index is -0.494. The molecule has 1 amide bonds. The Morgan fingerprint density at radius 2 is 2.12 bits per heavy atom. The van der Waals surface area contributed by atoms with Crippen LogP contribution in [0.5, 0.6) is 0 Å². The van der Waals surface area contributed by atoms with Crippen LogP contribution in [0.4, 0.5) is 0 Å². The van der Waals surface area contributed by atoms with Gasteiger partial charge in [-0.3, -0.25) is 4.79 Å². The average Bonchev–Trinajstić information content (AvgIpc) is 2.16. The van der Waals surface area contributed by atoms with Crippen molar-refractivity contribution in [3.05, 3.63) is 0 Å². The standard InChI is InChI=1S/C11H24N2O3/c1-8(7-9(2)14)13-11(15)10(12)5-4-6-16-3/h8-10,14H,4-7,12H2,1-3H3,(H,13,15). The zero-order valence-electron chi connectivity index (χ0n) is 10.4. The highest BCUT2D eigenvalue weighted by molar-refractivity contribution is 5.81. The number of nitrogens with two attached hydrogens (primary N) is 1. The van der Waals surface area contributed by atoms with E-state index in [4.69, 9.17) is 15.6 Å². The molecule has 5 heteroatoms. The number of aliphatic hydroxyl groups is 1. The summed E-state index contributed by atoms with van der Waals surface area (Å²) in [6.45, 7) is 4.16. The molecule has 3 atom stereocenters. The van der Waals surface area contributed by atoms with Crippen LogP contribution < -0.4 is 11.1 Å². The van der Waals surface area contributed by atoms with Gasteiger partial charge in [0.25, 0.3) is 0 Å². The molecule has 4 N–H and O–H groups in total. The van der Waals surface area contributed by atoms with E-state index in [1.807, 2.05) is 6.92 Å². The number of hydrogen-bond donors (Lipinski definition) is 3. The molecule has 0 spiro atoms. The second-order valence-electron chi connectivity index (χ2n) is 4.24. The lowest BCUT2D eigenvalue weighted by molar-refractivity contribution is -0.123. The number of carbonyl (C=O) groups is 1. The normalized spacial score (nSPS) is 16.6. The summed E-state index contributed by atoms with van der Waals surface area (Å²) >= 11 is 0. The summed E-state index contributed by atoms with van der Waals surface area (Å²) in [5.41, 5.74) is 5.71. The second kappa shape index (κ2) is 8.50. The molecule has 0 aliphatic rings. The molecule has 0 fully saturated rings. The van der Waals surface area contributed by atoms with Crippen molar-refractivity contribution in [3.63, 3.8) is 0 Å². The lowest BCUT2D eigenvalue weighted by Gasteiger charge is -2.18. The monoisotopic (exact) mass is 232 g/mol. The van der Waals surface area contributed by atoms with Crippen LogP contribution in [0, 0.1) is 0 Å². The Hall–Kier alpha value is -0.650. The van der Waals surface area contributed by atoms with Crippen LogP contribution in [0.2, 0.25) is 0 Å². The molecule has 0 aromatic rings. The van der Waals surface area contributed by atoms with Crippen molar-refractivity contribution >= 4 is 5.91 Å². The third-order valence-corrected chi connectivity index (χ3v) is 2.28. The molecule has 0 aliphatic carbocycles. The average molecular weight is 232 g/mol. The van der Waals surface area contributed by atoms with Gasteiger partial charge in [-0.1, -0.05) is 0 Å². The maximum absolute atomic E-state index is 11.6. The van der Waals surface area contributed by atoms with Crippen molar-refractivity contribution in [2.45, 2.75) is 51.3 Å². The largest absolute Gasteiger partial charge is 0.393 e. The number of hydrogen-bond acceptors (Lipinski definition) is 4. The van der Waals surface area contributed by atoms with E-state index >= 15 is 0 Å². The van der Waals surface area contributed by atoms with E-state index in [2.05, 4.69) is 5.32 Å². The van der Waals surface area contributed by atoms with Gasteiger partial charge in [0.15, 0.2) is 0 Å². The quantitative estimate of drug-likeness (QED) is 0.515. The summed E-state index contributed by atoms with van der Waals surface area (Å²) < 4.78 is 4.89. The summed E-state index contributed by atoms with van der Waals surface area (Å²) in [7, 11) is 1.62. The first-order valence-corrected chi connectivity index (χ1v) is 5.70. The molecule has 0 aromatic carbocycles. The van der Waals surface area contributed by atoms with Crippen LogP contribution >= 0.6 is 0 Å². The highest BCUT2D eigenvalue weighted by Crippen LogP contribution is 1.99. The van der Waals surface area contributed by atoms with Crippen LogP contribution in [0.15, 0.2) is 0 Å². The van der Waals surface area contributed by atoms with E-state index in [1.165, 1.54) is 0 Å². The van der Waals surface area contributed by atoms with Crippen LogP contribution in [-0.2, 0) is 9.53 Å². The maximum Gasteiger partial charge on any atom is 0.237 e. The van der Waals surface area contributed by atoms with Gasteiger partial charge in [0.2, 0.25) is 5.91 Å². The Bertz CT molecular complexity index is 198. The summed E-state index contributed by atoms with van der Waals surface area (Å²) in [5.74, 6) is -0.163. The molecule has 0 saturated carbocycles. The molecule has 0 saturated heterocycles. The van der Waals surface area contributed by atoms with E-state index in [1.54, 1.807) is 14.0 Å². The first-order chi connectivity index (χ1) is 7.47. The number of aliphatic hydroxyl groups excluding tert-OH is 1. The molecule has 0 aliphatic heterocycles. The fraction of sp³-hybridized carbons (Fsp3) is 0.909. The first-order valence-electron chi connectivity index (χ1n) is 5.70. The molecule has 0 aromatic heterocycles. The summed E-state index contributed by atoms with van der Waals surface area (Å²) in [5, 5.41) is 11.9. The minimum absolute atomic E-state index is 0.0547. The minimum Gasteiger partial charge on any atom is -0.393 e. The number of ether oxygens (including phenoxy) is 1. The number of amides is 1. The lowest BCUT2D eigenvalue weighted by atomic mass is 10.1. The Balaban J connectivity index is 3.77. The topological polar surface area (TPSA) is 84.6 Å². The Morgan fingerprint density at radius 3 is 2.62 bits per heavy atom. The van der Waals surface area contributed by atoms with Crippen molar-refractivity contribution in [1.29, 1.82) is 0 Å². The predicted molar refractivity (Wildman–Crippen MR) is 63.0 cm³/mol. The highest BCUT2D eigenvalue weighted by Gasteiger charge is 2.16. The molecule has 16 heavy (non-hydrogen) atoms. The number of carbonyl (C=O) groups excluding carboxylic acids is 1. The molecule has 0 radical (unpaired) electrons. The van der Waals surface area contributed by atoms with E-state index in [0.717, 1.165) is 6.42 Å². The molecule has 0 rings (SSSR count). The Kier molecular flexibility index (Phi) is 8.15.